The van der Waals surface area contributed by atoms with E-state index in [0.29, 0.717) is 0 Å². The Morgan fingerprint density at radius 1 is 1.56 bits per heavy atom. The Hall–Kier alpha value is -0.540. The highest BCUT2D eigenvalue weighted by Gasteiger charge is 2.28. The fourth-order valence-corrected chi connectivity index (χ4v) is 2.10. The van der Waals surface area contributed by atoms with Crippen LogP contribution in [0.2, 0.25) is 0 Å². The summed E-state index contributed by atoms with van der Waals surface area (Å²) in [6, 6.07) is 0.763. The SMILES string of the molecule is C=C(C)NCN(C)CC1CCN1CC(C)C. The first-order chi connectivity index (χ1) is 7.49. The van der Waals surface area contributed by atoms with E-state index in [1.54, 1.807) is 0 Å². The van der Waals surface area contributed by atoms with Gasteiger partial charge in [0.25, 0.3) is 0 Å². The molecule has 0 aromatic heterocycles. The summed E-state index contributed by atoms with van der Waals surface area (Å²) in [5.74, 6) is 0.779. The Morgan fingerprint density at radius 2 is 2.25 bits per heavy atom. The van der Waals surface area contributed by atoms with Crippen LogP contribution in [0.5, 0.6) is 0 Å². The zero-order valence-electron chi connectivity index (χ0n) is 11.3. The standard InChI is InChI=1S/C13H27N3/c1-11(2)8-16-7-6-13(16)9-15(5)10-14-12(3)4/h11,13-14H,3,6-10H2,1-2,4-5H3. The monoisotopic (exact) mass is 225 g/mol. The van der Waals surface area contributed by atoms with Gasteiger partial charge in [0, 0.05) is 31.4 Å². The number of likely N-dealkylation sites (N-methyl/N-ethyl adjacent to an activating group) is 1. The molecule has 16 heavy (non-hydrogen) atoms. The van der Waals surface area contributed by atoms with E-state index >= 15 is 0 Å². The van der Waals surface area contributed by atoms with Gasteiger partial charge in [-0.2, -0.15) is 0 Å². The summed E-state index contributed by atoms with van der Waals surface area (Å²) in [5, 5.41) is 3.27. The van der Waals surface area contributed by atoms with E-state index in [4.69, 9.17) is 0 Å². The number of likely N-dealkylation sites (tertiary alicyclic amines) is 1. The Balaban J connectivity index is 2.18. The molecule has 1 unspecified atom stereocenters. The van der Waals surface area contributed by atoms with Crippen molar-refractivity contribution in [3.8, 4) is 0 Å². The van der Waals surface area contributed by atoms with E-state index in [1.807, 2.05) is 6.92 Å². The number of hydrogen-bond acceptors (Lipinski definition) is 3. The Bertz CT molecular complexity index is 225. The summed E-state index contributed by atoms with van der Waals surface area (Å²) in [6.07, 6.45) is 1.35. The van der Waals surface area contributed by atoms with Crippen LogP contribution >= 0.6 is 0 Å². The molecule has 3 heteroatoms. The molecular formula is C13H27N3. The lowest BCUT2D eigenvalue weighted by Gasteiger charge is -2.43. The molecule has 1 rings (SSSR count). The predicted octanol–water partition coefficient (Wildman–Crippen LogP) is 1.73. The lowest BCUT2D eigenvalue weighted by molar-refractivity contribution is 0.0513. The zero-order chi connectivity index (χ0) is 12.1. The normalized spacial score (nSPS) is 21.2. The maximum atomic E-state index is 3.85. The molecule has 0 aliphatic carbocycles. The van der Waals surface area contributed by atoms with Crippen molar-refractivity contribution in [1.82, 2.24) is 15.1 Å². The fourth-order valence-electron chi connectivity index (χ4n) is 2.10. The van der Waals surface area contributed by atoms with Crippen LogP contribution in [0.25, 0.3) is 0 Å². The van der Waals surface area contributed by atoms with Gasteiger partial charge < -0.3 is 5.32 Å². The molecule has 1 fully saturated rings. The van der Waals surface area contributed by atoms with Crippen molar-refractivity contribution >= 4 is 0 Å². The van der Waals surface area contributed by atoms with Crippen LogP contribution in [0.4, 0.5) is 0 Å². The summed E-state index contributed by atoms with van der Waals surface area (Å²) in [5.41, 5.74) is 1.04. The molecule has 1 atom stereocenters. The number of nitrogens with one attached hydrogen (secondary N) is 1. The fraction of sp³-hybridized carbons (Fsp3) is 0.846. The van der Waals surface area contributed by atoms with Gasteiger partial charge in [0.1, 0.15) is 0 Å². The molecule has 1 N–H and O–H groups in total. The number of nitrogens with zero attached hydrogens (tertiary/aromatic N) is 2. The van der Waals surface area contributed by atoms with Crippen molar-refractivity contribution in [3.63, 3.8) is 0 Å². The summed E-state index contributed by atoms with van der Waals surface area (Å²) >= 11 is 0. The number of hydrogen-bond donors (Lipinski definition) is 1. The summed E-state index contributed by atoms with van der Waals surface area (Å²) in [4.78, 5) is 4.94. The molecule has 1 aliphatic rings. The van der Waals surface area contributed by atoms with E-state index in [-0.39, 0.29) is 0 Å². The first-order valence-electron chi connectivity index (χ1n) is 6.31. The van der Waals surface area contributed by atoms with Crippen molar-refractivity contribution in [1.29, 1.82) is 0 Å². The lowest BCUT2D eigenvalue weighted by atomic mass is 10.0. The average Bonchev–Trinajstić information content (AvgIpc) is 2.18. The Morgan fingerprint density at radius 3 is 2.69 bits per heavy atom. The second-order valence-corrected chi connectivity index (χ2v) is 5.49. The molecule has 1 heterocycles. The van der Waals surface area contributed by atoms with Gasteiger partial charge in [0.15, 0.2) is 0 Å². The lowest BCUT2D eigenvalue weighted by Crippen LogP contribution is -2.54. The van der Waals surface area contributed by atoms with Gasteiger partial charge in [0.05, 0.1) is 6.67 Å². The quantitative estimate of drug-likeness (QED) is 0.666. The van der Waals surface area contributed by atoms with Crippen LogP contribution in [-0.2, 0) is 0 Å². The molecule has 0 amide bonds. The van der Waals surface area contributed by atoms with E-state index in [1.165, 1.54) is 19.5 Å². The van der Waals surface area contributed by atoms with Crippen LogP contribution in [0, 0.1) is 5.92 Å². The van der Waals surface area contributed by atoms with Gasteiger partial charge in [-0.15, -0.1) is 0 Å². The largest absolute Gasteiger partial charge is 0.376 e. The third-order valence-electron chi connectivity index (χ3n) is 3.04. The van der Waals surface area contributed by atoms with Crippen LogP contribution < -0.4 is 5.32 Å². The van der Waals surface area contributed by atoms with Crippen molar-refractivity contribution in [3.05, 3.63) is 12.3 Å². The minimum absolute atomic E-state index is 0.763. The molecule has 0 bridgehead atoms. The molecule has 0 aromatic carbocycles. The minimum Gasteiger partial charge on any atom is -0.376 e. The average molecular weight is 225 g/mol. The summed E-state index contributed by atoms with van der Waals surface area (Å²) in [7, 11) is 2.17. The third-order valence-corrected chi connectivity index (χ3v) is 3.04. The van der Waals surface area contributed by atoms with E-state index in [2.05, 4.69) is 42.6 Å². The smallest absolute Gasteiger partial charge is 0.0673 e. The molecule has 0 radical (unpaired) electrons. The highest BCUT2D eigenvalue weighted by atomic mass is 15.3. The molecule has 1 saturated heterocycles. The van der Waals surface area contributed by atoms with Gasteiger partial charge >= 0.3 is 0 Å². The zero-order valence-corrected chi connectivity index (χ0v) is 11.3. The summed E-state index contributed by atoms with van der Waals surface area (Å²) in [6.45, 7) is 15.0. The van der Waals surface area contributed by atoms with Gasteiger partial charge in [0.2, 0.25) is 0 Å². The molecule has 0 aromatic rings. The van der Waals surface area contributed by atoms with Crippen molar-refractivity contribution in [2.45, 2.75) is 33.2 Å². The predicted molar refractivity (Wildman–Crippen MR) is 70.3 cm³/mol. The van der Waals surface area contributed by atoms with Gasteiger partial charge in [-0.3, -0.25) is 9.80 Å². The second-order valence-electron chi connectivity index (χ2n) is 5.49. The molecular weight excluding hydrogens is 198 g/mol. The van der Waals surface area contributed by atoms with Crippen molar-refractivity contribution in [2.75, 3.05) is 33.4 Å². The Kier molecular flexibility index (Phi) is 5.29. The van der Waals surface area contributed by atoms with Gasteiger partial charge in [-0.1, -0.05) is 20.4 Å². The Labute approximate surface area is 100 Å². The van der Waals surface area contributed by atoms with Gasteiger partial charge in [-0.25, -0.2) is 0 Å². The van der Waals surface area contributed by atoms with Crippen molar-refractivity contribution in [2.24, 2.45) is 5.92 Å². The molecule has 1 aliphatic heterocycles. The van der Waals surface area contributed by atoms with E-state index in [9.17, 15) is 0 Å². The number of allylic oxidation sites excluding steroid dienone is 1. The first kappa shape index (κ1) is 13.5. The summed E-state index contributed by atoms with van der Waals surface area (Å²) < 4.78 is 0. The highest BCUT2D eigenvalue weighted by Crippen LogP contribution is 2.19. The number of rotatable bonds is 7. The first-order valence-corrected chi connectivity index (χ1v) is 6.31. The van der Waals surface area contributed by atoms with Crippen LogP contribution in [0.3, 0.4) is 0 Å². The maximum Gasteiger partial charge on any atom is 0.0673 e. The van der Waals surface area contributed by atoms with Gasteiger partial charge in [-0.05, 0) is 26.3 Å². The van der Waals surface area contributed by atoms with Crippen LogP contribution in [0.1, 0.15) is 27.2 Å². The van der Waals surface area contributed by atoms with Crippen LogP contribution in [-0.4, -0.2) is 49.2 Å². The maximum absolute atomic E-state index is 3.85. The minimum atomic E-state index is 0.763. The van der Waals surface area contributed by atoms with E-state index in [0.717, 1.165) is 30.9 Å². The topological polar surface area (TPSA) is 18.5 Å². The van der Waals surface area contributed by atoms with Crippen LogP contribution in [0.15, 0.2) is 12.3 Å². The second kappa shape index (κ2) is 6.26. The van der Waals surface area contributed by atoms with E-state index < -0.39 is 0 Å². The molecule has 3 nitrogen and oxygen atoms in total. The third kappa shape index (κ3) is 4.54. The van der Waals surface area contributed by atoms with Crippen molar-refractivity contribution < 1.29 is 0 Å². The molecule has 0 spiro atoms. The molecule has 94 valence electrons. The highest BCUT2D eigenvalue weighted by molar-refractivity contribution is 4.87. The molecule has 0 saturated carbocycles.